The predicted molar refractivity (Wildman–Crippen MR) is 128 cm³/mol. The Morgan fingerprint density at radius 1 is 1.03 bits per heavy atom. The van der Waals surface area contributed by atoms with Gasteiger partial charge in [0.25, 0.3) is 11.8 Å². The number of hydrogen-bond donors (Lipinski definition) is 2. The van der Waals surface area contributed by atoms with Gasteiger partial charge in [-0.3, -0.25) is 9.59 Å². The molecule has 0 radical (unpaired) electrons. The number of nitrogens with zero attached hydrogens (tertiary/aromatic N) is 1. The average Bonchev–Trinajstić information content (AvgIpc) is 2.79. The molecule has 0 aliphatic rings. The Morgan fingerprint density at radius 3 is 2.33 bits per heavy atom. The summed E-state index contributed by atoms with van der Waals surface area (Å²) in [4.78, 5) is 24.7. The van der Waals surface area contributed by atoms with E-state index in [9.17, 15) is 19.2 Å². The van der Waals surface area contributed by atoms with Gasteiger partial charge in [-0.05, 0) is 72.8 Å². The van der Waals surface area contributed by atoms with Gasteiger partial charge < -0.3 is 15.4 Å². The lowest BCUT2D eigenvalue weighted by Crippen LogP contribution is -2.20. The van der Waals surface area contributed by atoms with E-state index in [2.05, 4.69) is 26.6 Å². The van der Waals surface area contributed by atoms with E-state index in [1.165, 1.54) is 30.3 Å². The summed E-state index contributed by atoms with van der Waals surface area (Å²) in [6.07, 6.45) is 1.36. The first-order valence-corrected chi connectivity index (χ1v) is 10.7. The molecule has 3 aromatic carbocycles. The molecule has 9 heteroatoms. The number of nitrogens with one attached hydrogen (secondary N) is 2. The lowest BCUT2D eigenvalue weighted by molar-refractivity contribution is -0.118. The molecule has 0 aliphatic carbocycles. The van der Waals surface area contributed by atoms with E-state index in [4.69, 9.17) is 16.3 Å². The fraction of sp³-hybridized carbons (Fsp3) is 0.0417. The summed E-state index contributed by atoms with van der Waals surface area (Å²) in [5, 5.41) is 15.2. The number of nitriles is 1. The third-order valence-electron chi connectivity index (χ3n) is 4.23. The van der Waals surface area contributed by atoms with Gasteiger partial charge >= 0.3 is 0 Å². The van der Waals surface area contributed by atoms with E-state index in [0.717, 1.165) is 0 Å². The van der Waals surface area contributed by atoms with Gasteiger partial charge in [0.15, 0.2) is 6.61 Å². The highest BCUT2D eigenvalue weighted by Gasteiger charge is 2.13. The zero-order valence-corrected chi connectivity index (χ0v) is 19.3. The second kappa shape index (κ2) is 11.3. The van der Waals surface area contributed by atoms with E-state index >= 15 is 0 Å². The van der Waals surface area contributed by atoms with E-state index in [1.807, 2.05) is 6.07 Å². The number of amides is 2. The fourth-order valence-corrected chi connectivity index (χ4v) is 3.18. The Hall–Kier alpha value is -3.67. The molecule has 0 spiro atoms. The molecular formula is C24H16BrClFN3O3. The van der Waals surface area contributed by atoms with Gasteiger partial charge in [-0.2, -0.15) is 5.26 Å². The quantitative estimate of drug-likeness (QED) is 0.299. The largest absolute Gasteiger partial charge is 0.483 e. The number of benzene rings is 3. The third-order valence-corrected chi connectivity index (χ3v) is 4.97. The smallest absolute Gasteiger partial charge is 0.266 e. The van der Waals surface area contributed by atoms with Crippen molar-refractivity contribution in [2.24, 2.45) is 0 Å². The Morgan fingerprint density at radius 2 is 1.67 bits per heavy atom. The van der Waals surface area contributed by atoms with Crippen LogP contribution in [0.4, 0.5) is 15.8 Å². The van der Waals surface area contributed by atoms with Gasteiger partial charge in [-0.1, -0.05) is 27.5 Å². The Kier molecular flexibility index (Phi) is 8.19. The molecule has 0 unspecified atom stereocenters. The molecular weight excluding hydrogens is 513 g/mol. The zero-order valence-electron chi connectivity index (χ0n) is 16.9. The molecule has 0 saturated heterocycles. The van der Waals surface area contributed by atoms with Crippen LogP contribution in [0.1, 0.15) is 5.56 Å². The number of anilines is 2. The first kappa shape index (κ1) is 24.0. The first-order chi connectivity index (χ1) is 15.8. The van der Waals surface area contributed by atoms with E-state index in [0.29, 0.717) is 32.2 Å². The highest BCUT2D eigenvalue weighted by molar-refractivity contribution is 9.10. The predicted octanol–water partition coefficient (Wildman–Crippen LogP) is 5.80. The lowest BCUT2D eigenvalue weighted by atomic mass is 10.1. The van der Waals surface area contributed by atoms with E-state index < -0.39 is 17.6 Å². The number of carbonyl (C=O) groups excluding carboxylic acids is 2. The fourth-order valence-electron chi connectivity index (χ4n) is 2.67. The zero-order chi connectivity index (χ0) is 23.8. The van der Waals surface area contributed by atoms with Crippen LogP contribution in [0.5, 0.6) is 5.75 Å². The molecule has 0 aliphatic heterocycles. The van der Waals surface area contributed by atoms with Crippen molar-refractivity contribution in [2.75, 3.05) is 17.2 Å². The molecule has 33 heavy (non-hydrogen) atoms. The van der Waals surface area contributed by atoms with Gasteiger partial charge in [0.2, 0.25) is 0 Å². The van der Waals surface area contributed by atoms with Crippen molar-refractivity contribution in [3.05, 3.63) is 93.2 Å². The monoisotopic (exact) mass is 527 g/mol. The van der Waals surface area contributed by atoms with Crippen LogP contribution in [0.2, 0.25) is 5.02 Å². The van der Waals surface area contributed by atoms with Crippen LogP contribution in [-0.4, -0.2) is 18.4 Å². The molecule has 3 rings (SSSR count). The van der Waals surface area contributed by atoms with Crippen molar-refractivity contribution in [1.29, 1.82) is 5.26 Å². The van der Waals surface area contributed by atoms with Crippen molar-refractivity contribution in [2.45, 2.75) is 0 Å². The summed E-state index contributed by atoms with van der Waals surface area (Å²) in [5.41, 5.74) is 1.16. The van der Waals surface area contributed by atoms with Crippen LogP contribution < -0.4 is 15.4 Å². The normalized spacial score (nSPS) is 10.8. The summed E-state index contributed by atoms with van der Waals surface area (Å²) in [5.74, 6) is -1.19. The van der Waals surface area contributed by atoms with Crippen LogP contribution in [0, 0.1) is 17.1 Å². The van der Waals surface area contributed by atoms with Crippen LogP contribution in [0.3, 0.4) is 0 Å². The van der Waals surface area contributed by atoms with E-state index in [-0.39, 0.29) is 12.2 Å². The number of carbonyl (C=O) groups is 2. The summed E-state index contributed by atoms with van der Waals surface area (Å²) in [6, 6.07) is 18.6. The molecule has 166 valence electrons. The summed E-state index contributed by atoms with van der Waals surface area (Å²) >= 11 is 9.19. The minimum atomic E-state index is -0.611. The molecule has 0 bridgehead atoms. The Balaban J connectivity index is 1.73. The first-order valence-electron chi connectivity index (χ1n) is 9.50. The third kappa shape index (κ3) is 7.17. The lowest BCUT2D eigenvalue weighted by Gasteiger charge is -2.11. The van der Waals surface area contributed by atoms with Gasteiger partial charge in [-0.15, -0.1) is 0 Å². The molecule has 2 amide bonds. The summed E-state index contributed by atoms with van der Waals surface area (Å²) < 4.78 is 19.3. The maximum Gasteiger partial charge on any atom is 0.266 e. The molecule has 0 heterocycles. The molecule has 0 aromatic heterocycles. The highest BCUT2D eigenvalue weighted by atomic mass is 79.9. The topological polar surface area (TPSA) is 91.2 Å². The van der Waals surface area contributed by atoms with E-state index in [1.54, 1.807) is 42.5 Å². The molecule has 3 aromatic rings. The minimum absolute atomic E-state index is 0.163. The van der Waals surface area contributed by atoms with Crippen LogP contribution >= 0.6 is 27.5 Å². The molecule has 2 N–H and O–H groups in total. The number of hydrogen-bond acceptors (Lipinski definition) is 4. The van der Waals surface area contributed by atoms with Crippen LogP contribution in [0.15, 0.2) is 76.8 Å². The molecule has 0 fully saturated rings. The maximum absolute atomic E-state index is 13.0. The Bertz CT molecular complexity index is 1240. The van der Waals surface area contributed by atoms with Crippen molar-refractivity contribution >= 4 is 56.8 Å². The Labute approximate surface area is 202 Å². The van der Waals surface area contributed by atoms with Crippen molar-refractivity contribution in [3.8, 4) is 11.8 Å². The number of rotatable bonds is 7. The van der Waals surface area contributed by atoms with Gasteiger partial charge in [-0.25, -0.2) is 4.39 Å². The van der Waals surface area contributed by atoms with Gasteiger partial charge in [0, 0.05) is 26.4 Å². The van der Waals surface area contributed by atoms with Crippen LogP contribution in [-0.2, 0) is 9.59 Å². The van der Waals surface area contributed by atoms with Gasteiger partial charge in [0.05, 0.1) is 0 Å². The van der Waals surface area contributed by atoms with Crippen molar-refractivity contribution < 1.29 is 18.7 Å². The van der Waals surface area contributed by atoms with Crippen LogP contribution in [0.25, 0.3) is 6.08 Å². The summed E-state index contributed by atoms with van der Waals surface area (Å²) in [7, 11) is 0. The number of halogens is 3. The SMILES string of the molecule is N#C/C(=C/c1cc(Br)ccc1OCC(=O)Nc1ccc(F)cc1)C(=O)Nc1ccc(Cl)cc1. The highest BCUT2D eigenvalue weighted by Crippen LogP contribution is 2.26. The average molecular weight is 529 g/mol. The van der Waals surface area contributed by atoms with Gasteiger partial charge in [0.1, 0.15) is 23.2 Å². The number of ether oxygens (including phenoxy) is 1. The standard InChI is InChI=1S/C24H16BrClFN3O3/c25-17-1-10-22(33-14-23(31)29-20-8-4-19(27)5-9-20)15(12-17)11-16(13-28)24(32)30-21-6-2-18(26)3-7-21/h1-12H,14H2,(H,29,31)(H,30,32)/b16-11-. The van der Waals surface area contributed by atoms with Crippen molar-refractivity contribution in [3.63, 3.8) is 0 Å². The summed E-state index contributed by atoms with van der Waals surface area (Å²) in [6.45, 7) is -0.335. The molecule has 0 atom stereocenters. The second-order valence-electron chi connectivity index (χ2n) is 6.66. The maximum atomic E-state index is 13.0. The molecule has 6 nitrogen and oxygen atoms in total. The minimum Gasteiger partial charge on any atom is -0.483 e. The van der Waals surface area contributed by atoms with Crippen molar-refractivity contribution in [1.82, 2.24) is 0 Å². The molecule has 0 saturated carbocycles. The second-order valence-corrected chi connectivity index (χ2v) is 8.01.